The Balaban J connectivity index is 1.82. The smallest absolute Gasteiger partial charge is 0.246 e. The van der Waals surface area contributed by atoms with Crippen molar-refractivity contribution in [2.24, 2.45) is 0 Å². The van der Waals surface area contributed by atoms with Gasteiger partial charge in [0.15, 0.2) is 0 Å². The third-order valence-electron chi connectivity index (χ3n) is 5.39. The number of rotatable bonds is 8. The molecule has 0 bridgehead atoms. The Hall–Kier alpha value is -3.92. The number of hydrogen-bond donors (Lipinski definition) is 1. The molecule has 0 spiro atoms. The van der Waals surface area contributed by atoms with Gasteiger partial charge in [-0.05, 0) is 18.1 Å². The average molecular weight is 422 g/mol. The first-order chi connectivity index (χ1) is 15.6. The van der Waals surface area contributed by atoms with Crippen LogP contribution >= 0.6 is 0 Å². The highest BCUT2D eigenvalue weighted by atomic mass is 16.1. The second-order valence-electron chi connectivity index (χ2n) is 7.89. The summed E-state index contributed by atoms with van der Waals surface area (Å²) in [6.07, 6.45) is 0.749. The molecular formula is C28H27N3O. The molecule has 4 rings (SSSR count). The molecule has 4 aromatic rings. The summed E-state index contributed by atoms with van der Waals surface area (Å²) in [6.45, 7) is 6.48. The van der Waals surface area contributed by atoms with Crippen LogP contribution in [0, 0.1) is 0 Å². The molecule has 0 saturated heterocycles. The average Bonchev–Trinajstić information content (AvgIpc) is 3.16. The molecule has 0 unspecified atom stereocenters. The van der Waals surface area contributed by atoms with Crippen LogP contribution < -0.4 is 5.32 Å². The minimum atomic E-state index is -0.162. The summed E-state index contributed by atoms with van der Waals surface area (Å²) < 4.78 is 2.24. The molecule has 0 atom stereocenters. The summed E-state index contributed by atoms with van der Waals surface area (Å²) in [6, 6.07) is 31.0. The van der Waals surface area contributed by atoms with Crippen LogP contribution in [-0.2, 0) is 24.3 Å². The fourth-order valence-corrected chi connectivity index (χ4v) is 3.73. The number of carbonyl (C=O) groups is 1. The molecule has 0 fully saturated rings. The van der Waals surface area contributed by atoms with Crippen LogP contribution in [-0.4, -0.2) is 15.5 Å². The van der Waals surface area contributed by atoms with E-state index >= 15 is 0 Å². The van der Waals surface area contributed by atoms with Crippen LogP contribution in [0.15, 0.2) is 103 Å². The lowest BCUT2D eigenvalue weighted by molar-refractivity contribution is -0.117. The van der Waals surface area contributed by atoms with Crippen molar-refractivity contribution >= 4 is 5.91 Å². The van der Waals surface area contributed by atoms with Crippen molar-refractivity contribution in [1.29, 1.82) is 0 Å². The van der Waals surface area contributed by atoms with Crippen LogP contribution in [0.5, 0.6) is 0 Å². The van der Waals surface area contributed by atoms with Crippen molar-refractivity contribution in [2.75, 3.05) is 0 Å². The van der Waals surface area contributed by atoms with Gasteiger partial charge in [-0.1, -0.05) is 97.6 Å². The van der Waals surface area contributed by atoms with E-state index in [-0.39, 0.29) is 5.91 Å². The fraction of sp³-hybridized carbons (Fsp3) is 0.143. The van der Waals surface area contributed by atoms with E-state index in [1.54, 1.807) is 6.92 Å². The summed E-state index contributed by atoms with van der Waals surface area (Å²) in [4.78, 5) is 17.2. The number of carbonyl (C=O) groups excluding carboxylic acids is 1. The molecule has 0 saturated carbocycles. The summed E-state index contributed by atoms with van der Waals surface area (Å²) in [5, 5.41) is 2.96. The van der Waals surface area contributed by atoms with Crippen molar-refractivity contribution < 1.29 is 4.79 Å². The number of hydrogen-bond acceptors (Lipinski definition) is 2. The minimum Gasteiger partial charge on any atom is -0.345 e. The number of nitrogens with one attached hydrogen (secondary N) is 1. The normalized spacial score (nSPS) is 10.7. The van der Waals surface area contributed by atoms with E-state index in [1.165, 1.54) is 11.1 Å². The van der Waals surface area contributed by atoms with Gasteiger partial charge in [-0.25, -0.2) is 4.98 Å². The van der Waals surface area contributed by atoms with Gasteiger partial charge in [0.05, 0.1) is 17.9 Å². The number of aromatic nitrogens is 2. The highest BCUT2D eigenvalue weighted by molar-refractivity contribution is 5.91. The second-order valence-corrected chi connectivity index (χ2v) is 7.89. The number of imidazole rings is 1. The van der Waals surface area contributed by atoms with Crippen LogP contribution in [0.25, 0.3) is 11.3 Å². The first-order valence-corrected chi connectivity index (χ1v) is 10.8. The Morgan fingerprint density at radius 1 is 0.875 bits per heavy atom. The molecule has 32 heavy (non-hydrogen) atoms. The van der Waals surface area contributed by atoms with Gasteiger partial charge in [0, 0.05) is 24.1 Å². The van der Waals surface area contributed by atoms with Gasteiger partial charge in [-0.2, -0.15) is 0 Å². The third-order valence-corrected chi connectivity index (χ3v) is 5.39. The Labute approximate surface area is 189 Å². The van der Waals surface area contributed by atoms with Crippen LogP contribution in [0.4, 0.5) is 0 Å². The van der Waals surface area contributed by atoms with Gasteiger partial charge >= 0.3 is 0 Å². The zero-order chi connectivity index (χ0) is 22.3. The first-order valence-electron chi connectivity index (χ1n) is 10.8. The SMILES string of the molecule is C=C(C)C(=O)NCc1nc(-c2ccccc2)c(Cc2ccccc2)n1Cc1ccccc1. The van der Waals surface area contributed by atoms with Gasteiger partial charge < -0.3 is 9.88 Å². The van der Waals surface area contributed by atoms with E-state index in [9.17, 15) is 4.79 Å². The van der Waals surface area contributed by atoms with E-state index in [1.807, 2.05) is 42.5 Å². The molecule has 0 radical (unpaired) electrons. The van der Waals surface area contributed by atoms with Crippen molar-refractivity contribution in [3.8, 4) is 11.3 Å². The lowest BCUT2D eigenvalue weighted by Crippen LogP contribution is -2.25. The Morgan fingerprint density at radius 3 is 2.03 bits per heavy atom. The largest absolute Gasteiger partial charge is 0.345 e. The Morgan fingerprint density at radius 2 is 1.44 bits per heavy atom. The molecule has 1 N–H and O–H groups in total. The molecule has 0 aliphatic carbocycles. The molecule has 1 heterocycles. The summed E-state index contributed by atoms with van der Waals surface area (Å²) in [5.74, 6) is 0.665. The monoisotopic (exact) mass is 421 g/mol. The van der Waals surface area contributed by atoms with Crippen molar-refractivity contribution in [3.05, 3.63) is 126 Å². The highest BCUT2D eigenvalue weighted by Gasteiger charge is 2.19. The minimum absolute atomic E-state index is 0.162. The molecule has 1 amide bonds. The van der Waals surface area contributed by atoms with E-state index in [0.717, 1.165) is 29.2 Å². The Bertz CT molecular complexity index is 1200. The number of amides is 1. The van der Waals surface area contributed by atoms with Gasteiger partial charge in [0.2, 0.25) is 5.91 Å². The van der Waals surface area contributed by atoms with Crippen LogP contribution in [0.1, 0.15) is 29.6 Å². The molecule has 3 aromatic carbocycles. The molecule has 4 heteroatoms. The lowest BCUT2D eigenvalue weighted by atomic mass is 10.0. The van der Waals surface area contributed by atoms with E-state index < -0.39 is 0 Å². The van der Waals surface area contributed by atoms with Crippen molar-refractivity contribution in [2.45, 2.75) is 26.4 Å². The quantitative estimate of drug-likeness (QED) is 0.388. The standard InChI is InChI=1S/C28H27N3O/c1-21(2)28(32)29-19-26-30-27(24-16-10-5-11-17-24)25(18-22-12-6-3-7-13-22)31(26)20-23-14-8-4-9-15-23/h3-17H,1,18-20H2,2H3,(H,29,32). The lowest BCUT2D eigenvalue weighted by Gasteiger charge is -2.14. The fourth-order valence-electron chi connectivity index (χ4n) is 3.73. The maximum Gasteiger partial charge on any atom is 0.246 e. The van der Waals surface area contributed by atoms with Gasteiger partial charge in [0.1, 0.15) is 5.82 Å². The predicted molar refractivity (Wildman–Crippen MR) is 129 cm³/mol. The number of nitrogens with zero attached hydrogens (tertiary/aromatic N) is 2. The third kappa shape index (κ3) is 5.03. The first kappa shape index (κ1) is 21.3. The topological polar surface area (TPSA) is 46.9 Å². The maximum absolute atomic E-state index is 12.2. The summed E-state index contributed by atoms with van der Waals surface area (Å²) >= 11 is 0. The zero-order valence-electron chi connectivity index (χ0n) is 18.3. The molecule has 4 nitrogen and oxygen atoms in total. The maximum atomic E-state index is 12.2. The summed E-state index contributed by atoms with van der Waals surface area (Å²) in [5.41, 5.74) is 6.04. The summed E-state index contributed by atoms with van der Waals surface area (Å²) in [7, 11) is 0. The van der Waals surface area contributed by atoms with Crippen molar-refractivity contribution in [1.82, 2.24) is 14.9 Å². The molecule has 1 aromatic heterocycles. The molecule has 0 aliphatic rings. The van der Waals surface area contributed by atoms with Gasteiger partial charge in [-0.3, -0.25) is 4.79 Å². The Kier molecular flexibility index (Phi) is 6.61. The van der Waals surface area contributed by atoms with E-state index in [0.29, 0.717) is 18.7 Å². The zero-order valence-corrected chi connectivity index (χ0v) is 18.3. The van der Waals surface area contributed by atoms with E-state index in [2.05, 4.69) is 65.0 Å². The van der Waals surface area contributed by atoms with Gasteiger partial charge in [0.25, 0.3) is 0 Å². The van der Waals surface area contributed by atoms with Crippen molar-refractivity contribution in [3.63, 3.8) is 0 Å². The van der Waals surface area contributed by atoms with Gasteiger partial charge in [-0.15, -0.1) is 0 Å². The number of benzene rings is 3. The predicted octanol–water partition coefficient (Wildman–Crippen LogP) is 5.38. The van der Waals surface area contributed by atoms with Crippen LogP contribution in [0.3, 0.4) is 0 Å². The van der Waals surface area contributed by atoms with E-state index in [4.69, 9.17) is 4.98 Å². The second kappa shape index (κ2) is 9.92. The highest BCUT2D eigenvalue weighted by Crippen LogP contribution is 2.27. The molecule has 160 valence electrons. The molecule has 0 aliphatic heterocycles. The van der Waals surface area contributed by atoms with Crippen LogP contribution in [0.2, 0.25) is 0 Å². The molecular weight excluding hydrogens is 394 g/mol.